The molecule has 0 amide bonds. The molecule has 0 bridgehead atoms. The summed E-state index contributed by atoms with van der Waals surface area (Å²) in [6, 6.07) is 9.27. The number of hydrogen-bond acceptors (Lipinski definition) is 7. The van der Waals surface area contributed by atoms with Crippen LogP contribution in [-0.4, -0.2) is 49.6 Å². The summed E-state index contributed by atoms with van der Waals surface area (Å²) in [7, 11) is 1.29. The van der Waals surface area contributed by atoms with Crippen LogP contribution in [-0.2, 0) is 15.8 Å². The number of benzene rings is 1. The van der Waals surface area contributed by atoms with Crippen molar-refractivity contribution in [2.24, 2.45) is 5.92 Å². The molecule has 7 nitrogen and oxygen atoms in total. The maximum absolute atomic E-state index is 14.3. The highest BCUT2D eigenvalue weighted by Crippen LogP contribution is 2.53. The second-order valence-electron chi connectivity index (χ2n) is 10.9. The fraction of sp³-hybridized carbons (Fsp3) is 0.500. The first-order valence-corrected chi connectivity index (χ1v) is 14.6. The van der Waals surface area contributed by atoms with E-state index in [-0.39, 0.29) is 34.9 Å². The summed E-state index contributed by atoms with van der Waals surface area (Å²) in [5, 5.41) is 3.94. The van der Waals surface area contributed by atoms with E-state index in [9.17, 15) is 9.59 Å². The highest BCUT2D eigenvalue weighted by molar-refractivity contribution is 6.74. The molecular weight excluding hydrogens is 448 g/mol. The van der Waals surface area contributed by atoms with Gasteiger partial charge in [-0.3, -0.25) is 14.5 Å². The number of allylic oxidation sites excluding steroid dienone is 1. The quantitative estimate of drug-likeness (QED) is 0.425. The molecule has 4 rings (SSSR count). The molecule has 182 valence electrons. The third kappa shape index (κ3) is 3.87. The van der Waals surface area contributed by atoms with E-state index >= 15 is 0 Å². The van der Waals surface area contributed by atoms with Crippen molar-refractivity contribution >= 4 is 19.9 Å². The Morgan fingerprint density at radius 1 is 1.18 bits per heavy atom. The Bertz CT molecular complexity index is 1120. The first kappa shape index (κ1) is 24.6. The first-order chi connectivity index (χ1) is 15.9. The van der Waals surface area contributed by atoms with Gasteiger partial charge in [-0.25, -0.2) is 0 Å². The number of rotatable bonds is 6. The predicted molar refractivity (Wildman–Crippen MR) is 131 cm³/mol. The second-order valence-corrected chi connectivity index (χ2v) is 15.7. The minimum absolute atomic E-state index is 0.106. The van der Waals surface area contributed by atoms with Crippen LogP contribution in [0.2, 0.25) is 18.1 Å². The lowest BCUT2D eigenvalue weighted by Gasteiger charge is -2.51. The molecule has 8 heteroatoms. The van der Waals surface area contributed by atoms with Crippen LogP contribution in [0.25, 0.3) is 0 Å². The summed E-state index contributed by atoms with van der Waals surface area (Å²) in [5.41, 5.74) is -0.475. The first-order valence-electron chi connectivity index (χ1n) is 11.7. The van der Waals surface area contributed by atoms with E-state index in [2.05, 4.69) is 39.0 Å². The maximum atomic E-state index is 14.3. The van der Waals surface area contributed by atoms with Gasteiger partial charge in [-0.2, -0.15) is 0 Å². The summed E-state index contributed by atoms with van der Waals surface area (Å²) in [6.45, 7) is 10.7. The number of carbonyl (C=O) groups is 2. The van der Waals surface area contributed by atoms with Crippen molar-refractivity contribution in [3.63, 3.8) is 0 Å². The van der Waals surface area contributed by atoms with Crippen LogP contribution in [0.5, 0.6) is 5.88 Å². The lowest BCUT2D eigenvalue weighted by atomic mass is 9.65. The van der Waals surface area contributed by atoms with Gasteiger partial charge < -0.3 is 13.7 Å². The molecule has 34 heavy (non-hydrogen) atoms. The SMILES string of the molecule is CN(C)[C@@H]1c2onc(OCc3ccccc3)c2C(=O)C2(O[Si](C)(C)C(C)(C)C)C(=O)C=CC[C@@H]12. The molecule has 1 unspecified atom stereocenters. The number of aromatic nitrogens is 1. The molecule has 0 fully saturated rings. The largest absolute Gasteiger partial charge is 0.470 e. The fourth-order valence-electron chi connectivity index (χ4n) is 4.64. The molecule has 3 atom stereocenters. The third-order valence-electron chi connectivity index (χ3n) is 7.45. The van der Waals surface area contributed by atoms with Crippen molar-refractivity contribution in [1.82, 2.24) is 10.1 Å². The van der Waals surface area contributed by atoms with Gasteiger partial charge in [0.2, 0.25) is 5.78 Å². The highest BCUT2D eigenvalue weighted by Gasteiger charge is 2.65. The van der Waals surface area contributed by atoms with Gasteiger partial charge in [-0.05, 0) is 55.4 Å². The normalized spacial score (nSPS) is 24.8. The average Bonchev–Trinajstić information content (AvgIpc) is 3.17. The van der Waals surface area contributed by atoms with Crippen molar-refractivity contribution in [2.45, 2.75) is 63.6 Å². The van der Waals surface area contributed by atoms with Gasteiger partial charge in [0, 0.05) is 5.92 Å². The van der Waals surface area contributed by atoms with Crippen LogP contribution >= 0.6 is 0 Å². The van der Waals surface area contributed by atoms with E-state index in [1.165, 1.54) is 6.08 Å². The molecule has 1 aromatic heterocycles. The van der Waals surface area contributed by atoms with Crippen molar-refractivity contribution in [2.75, 3.05) is 14.1 Å². The molecule has 0 saturated carbocycles. The fourth-order valence-corrected chi connectivity index (χ4v) is 6.09. The van der Waals surface area contributed by atoms with Crippen molar-refractivity contribution < 1.29 is 23.3 Å². The van der Waals surface area contributed by atoms with Crippen LogP contribution in [0.15, 0.2) is 47.0 Å². The Morgan fingerprint density at radius 2 is 1.85 bits per heavy atom. The van der Waals surface area contributed by atoms with Crippen LogP contribution in [0.1, 0.15) is 54.9 Å². The number of fused-ring (bicyclic) bond motifs is 2. The predicted octanol–water partition coefficient (Wildman–Crippen LogP) is 4.96. The van der Waals surface area contributed by atoms with E-state index in [0.29, 0.717) is 12.2 Å². The van der Waals surface area contributed by atoms with Gasteiger partial charge in [0.25, 0.3) is 5.88 Å². The molecule has 0 saturated heterocycles. The number of carbonyl (C=O) groups excluding carboxylic acids is 2. The van der Waals surface area contributed by atoms with E-state index in [1.54, 1.807) is 0 Å². The summed E-state index contributed by atoms with van der Waals surface area (Å²) in [6.07, 6.45) is 3.85. The topological polar surface area (TPSA) is 81.9 Å². The van der Waals surface area contributed by atoms with Crippen molar-refractivity contribution in [3.05, 3.63) is 59.4 Å². The molecule has 1 heterocycles. The average molecular weight is 483 g/mol. The Balaban J connectivity index is 1.84. The van der Waals surface area contributed by atoms with Gasteiger partial charge in [0.05, 0.1) is 6.04 Å². The van der Waals surface area contributed by atoms with Gasteiger partial charge >= 0.3 is 0 Å². The Kier molecular flexibility index (Phi) is 6.21. The number of nitrogens with zero attached hydrogens (tertiary/aromatic N) is 2. The van der Waals surface area contributed by atoms with Crippen molar-refractivity contribution in [3.8, 4) is 5.88 Å². The van der Waals surface area contributed by atoms with Gasteiger partial charge in [0.1, 0.15) is 12.2 Å². The van der Waals surface area contributed by atoms with Crippen LogP contribution in [0.4, 0.5) is 0 Å². The monoisotopic (exact) mass is 482 g/mol. The van der Waals surface area contributed by atoms with E-state index < -0.39 is 25.6 Å². The Morgan fingerprint density at radius 3 is 2.47 bits per heavy atom. The zero-order valence-corrected chi connectivity index (χ0v) is 22.0. The standard InChI is InChI=1S/C26H34N2O5Si/c1-25(2,3)34(6,7)33-26-18(14-11-15-19(26)29)21(28(4)5)22-20(23(26)30)24(27-32-22)31-16-17-12-9-8-10-13-17/h8-13,15,18,21H,14,16H2,1-7H3/t18-,21-,26?/m0/s1. The number of ether oxygens (including phenoxy) is 1. The summed E-state index contributed by atoms with van der Waals surface area (Å²) >= 11 is 0. The molecule has 2 aromatic rings. The maximum Gasteiger partial charge on any atom is 0.265 e. The molecule has 0 aliphatic heterocycles. The zero-order chi connectivity index (χ0) is 24.9. The zero-order valence-electron chi connectivity index (χ0n) is 21.0. The molecule has 2 aliphatic carbocycles. The van der Waals surface area contributed by atoms with Gasteiger partial charge in [-0.1, -0.05) is 57.2 Å². The second kappa shape index (κ2) is 8.59. The minimum atomic E-state index is -2.53. The lowest BCUT2D eigenvalue weighted by Crippen LogP contribution is -2.65. The molecule has 2 aliphatic rings. The van der Waals surface area contributed by atoms with Crippen LogP contribution < -0.4 is 4.74 Å². The highest BCUT2D eigenvalue weighted by atomic mass is 28.4. The number of ketones is 2. The van der Waals surface area contributed by atoms with E-state index in [0.717, 1.165) is 5.56 Å². The summed E-state index contributed by atoms with van der Waals surface area (Å²) in [4.78, 5) is 29.9. The lowest BCUT2D eigenvalue weighted by molar-refractivity contribution is -0.135. The molecule has 0 radical (unpaired) electrons. The smallest absolute Gasteiger partial charge is 0.265 e. The summed E-state index contributed by atoms with van der Waals surface area (Å²) < 4.78 is 18.5. The minimum Gasteiger partial charge on any atom is -0.470 e. The molecule has 0 N–H and O–H groups in total. The molecule has 0 spiro atoms. The van der Waals surface area contributed by atoms with Gasteiger partial charge in [-0.15, -0.1) is 0 Å². The van der Waals surface area contributed by atoms with Crippen LogP contribution in [0, 0.1) is 5.92 Å². The summed E-state index contributed by atoms with van der Waals surface area (Å²) in [5.74, 6) is -0.611. The molecular formula is C26H34N2O5Si. The Hall–Kier alpha value is -2.55. The third-order valence-corrected chi connectivity index (χ3v) is 11.9. The van der Waals surface area contributed by atoms with Gasteiger partial charge in [0.15, 0.2) is 25.5 Å². The Labute approximate surface area is 202 Å². The van der Waals surface area contributed by atoms with E-state index in [4.69, 9.17) is 13.7 Å². The van der Waals surface area contributed by atoms with Crippen molar-refractivity contribution in [1.29, 1.82) is 0 Å². The number of Topliss-reactive ketones (excluding diaryl/α,β-unsaturated/α-hetero) is 1. The molecule has 1 aromatic carbocycles. The van der Waals surface area contributed by atoms with E-state index in [1.807, 2.05) is 55.4 Å². The van der Waals surface area contributed by atoms with Crippen LogP contribution in [0.3, 0.4) is 0 Å². The number of hydrogen-bond donors (Lipinski definition) is 0.